The molecule has 0 saturated heterocycles. The highest BCUT2D eigenvalue weighted by atomic mass is 79.9. The Kier molecular flexibility index (Phi) is 6.64. The molecule has 0 fully saturated rings. The molecule has 18 heavy (non-hydrogen) atoms. The third-order valence-corrected chi connectivity index (χ3v) is 4.12. The molecule has 1 unspecified atom stereocenters. The van der Waals surface area contributed by atoms with Gasteiger partial charge >= 0.3 is 0 Å². The van der Waals surface area contributed by atoms with Crippen molar-refractivity contribution in [3.05, 3.63) is 33.3 Å². The van der Waals surface area contributed by atoms with Gasteiger partial charge in [0.05, 0.1) is 0 Å². The normalized spacial score (nSPS) is 13.3. The van der Waals surface area contributed by atoms with E-state index in [9.17, 15) is 0 Å². The molecule has 1 N–H and O–H groups in total. The molecule has 0 heterocycles. The SMILES string of the molecule is CC(C)C(CNCc1cc(Cl)ccc1Br)N(C)C. The lowest BCUT2D eigenvalue weighted by Gasteiger charge is -2.28. The number of nitrogens with zero attached hydrogens (tertiary/aromatic N) is 1. The van der Waals surface area contributed by atoms with Gasteiger partial charge in [0.2, 0.25) is 0 Å². The van der Waals surface area contributed by atoms with E-state index in [-0.39, 0.29) is 0 Å². The molecule has 1 aromatic rings. The maximum atomic E-state index is 6.00. The first-order valence-corrected chi connectivity index (χ1v) is 7.40. The maximum absolute atomic E-state index is 6.00. The second kappa shape index (κ2) is 7.49. The third kappa shape index (κ3) is 4.88. The van der Waals surface area contributed by atoms with E-state index in [4.69, 9.17) is 11.6 Å². The van der Waals surface area contributed by atoms with Crippen molar-refractivity contribution in [3.8, 4) is 0 Å². The van der Waals surface area contributed by atoms with Crippen LogP contribution in [0.2, 0.25) is 5.02 Å². The van der Waals surface area contributed by atoms with Crippen LogP contribution in [-0.4, -0.2) is 31.6 Å². The minimum absolute atomic E-state index is 0.544. The number of hydrogen-bond acceptors (Lipinski definition) is 2. The van der Waals surface area contributed by atoms with Crippen molar-refractivity contribution in [2.45, 2.75) is 26.4 Å². The second-order valence-electron chi connectivity index (χ2n) is 5.14. The highest BCUT2D eigenvalue weighted by Gasteiger charge is 2.15. The minimum Gasteiger partial charge on any atom is -0.311 e. The second-order valence-corrected chi connectivity index (χ2v) is 6.43. The van der Waals surface area contributed by atoms with Crippen LogP contribution in [-0.2, 0) is 6.54 Å². The fourth-order valence-corrected chi connectivity index (χ4v) is 2.63. The Morgan fingerprint density at radius 1 is 1.33 bits per heavy atom. The van der Waals surface area contributed by atoms with E-state index in [1.54, 1.807) is 0 Å². The van der Waals surface area contributed by atoms with Crippen LogP contribution in [0.4, 0.5) is 0 Å². The fraction of sp³-hybridized carbons (Fsp3) is 0.571. The molecule has 0 aliphatic heterocycles. The van der Waals surface area contributed by atoms with Crippen LogP contribution in [0.15, 0.2) is 22.7 Å². The van der Waals surface area contributed by atoms with Gasteiger partial charge in [0.15, 0.2) is 0 Å². The van der Waals surface area contributed by atoms with Crippen molar-refractivity contribution < 1.29 is 0 Å². The monoisotopic (exact) mass is 332 g/mol. The smallest absolute Gasteiger partial charge is 0.0410 e. The van der Waals surface area contributed by atoms with E-state index >= 15 is 0 Å². The van der Waals surface area contributed by atoms with Gasteiger partial charge in [0.1, 0.15) is 0 Å². The summed E-state index contributed by atoms with van der Waals surface area (Å²) in [5, 5.41) is 4.28. The third-order valence-electron chi connectivity index (χ3n) is 3.11. The van der Waals surface area contributed by atoms with Crippen LogP contribution >= 0.6 is 27.5 Å². The number of rotatable bonds is 6. The molecule has 0 saturated carbocycles. The Balaban J connectivity index is 2.52. The number of nitrogens with one attached hydrogen (secondary N) is 1. The summed E-state index contributed by atoms with van der Waals surface area (Å²) < 4.78 is 1.10. The highest BCUT2D eigenvalue weighted by molar-refractivity contribution is 9.10. The predicted octanol–water partition coefficient (Wildman–Crippen LogP) is 3.78. The Morgan fingerprint density at radius 2 is 2.00 bits per heavy atom. The highest BCUT2D eigenvalue weighted by Crippen LogP contribution is 2.21. The van der Waals surface area contributed by atoms with E-state index in [0.29, 0.717) is 12.0 Å². The molecular weight excluding hydrogens is 312 g/mol. The van der Waals surface area contributed by atoms with Crippen molar-refractivity contribution in [1.82, 2.24) is 10.2 Å². The summed E-state index contributed by atoms with van der Waals surface area (Å²) in [4.78, 5) is 2.27. The van der Waals surface area contributed by atoms with E-state index in [1.807, 2.05) is 18.2 Å². The number of likely N-dealkylation sites (N-methyl/N-ethyl adjacent to an activating group) is 1. The van der Waals surface area contributed by atoms with E-state index in [1.165, 1.54) is 5.56 Å². The minimum atomic E-state index is 0.544. The first kappa shape index (κ1) is 16.0. The zero-order chi connectivity index (χ0) is 13.7. The van der Waals surface area contributed by atoms with Gasteiger partial charge in [-0.15, -0.1) is 0 Å². The van der Waals surface area contributed by atoms with Crippen molar-refractivity contribution in [3.63, 3.8) is 0 Å². The number of halogens is 2. The molecule has 0 amide bonds. The summed E-state index contributed by atoms with van der Waals surface area (Å²) in [6.45, 7) is 6.31. The first-order chi connectivity index (χ1) is 8.41. The molecule has 1 aromatic carbocycles. The van der Waals surface area contributed by atoms with Crippen LogP contribution in [0, 0.1) is 5.92 Å². The summed E-state index contributed by atoms with van der Waals surface area (Å²) >= 11 is 9.55. The Hall–Kier alpha value is -0.0900. The van der Waals surface area contributed by atoms with Gasteiger partial charge in [-0.1, -0.05) is 41.4 Å². The van der Waals surface area contributed by atoms with Gasteiger partial charge in [0.25, 0.3) is 0 Å². The largest absolute Gasteiger partial charge is 0.311 e. The molecule has 0 radical (unpaired) electrons. The Labute approximate surface area is 124 Å². The molecule has 1 rings (SSSR count). The lowest BCUT2D eigenvalue weighted by Crippen LogP contribution is -2.41. The molecule has 4 heteroatoms. The molecular formula is C14H22BrClN2. The van der Waals surface area contributed by atoms with Gasteiger partial charge in [-0.05, 0) is 43.8 Å². The van der Waals surface area contributed by atoms with E-state index in [2.05, 4.69) is 54.1 Å². The standard InChI is InChI=1S/C14H22BrClN2/c1-10(2)14(18(3)4)9-17-8-11-7-12(16)5-6-13(11)15/h5-7,10,14,17H,8-9H2,1-4H3. The molecule has 0 aliphatic rings. The van der Waals surface area contributed by atoms with Crippen molar-refractivity contribution in [2.75, 3.05) is 20.6 Å². The van der Waals surface area contributed by atoms with Crippen molar-refractivity contribution in [1.29, 1.82) is 0 Å². The lowest BCUT2D eigenvalue weighted by atomic mass is 10.0. The van der Waals surface area contributed by atoms with Gasteiger partial charge in [0, 0.05) is 28.6 Å². The molecule has 102 valence electrons. The average Bonchev–Trinajstić information content (AvgIpc) is 2.27. The molecule has 0 spiro atoms. The predicted molar refractivity (Wildman–Crippen MR) is 83.2 cm³/mol. The van der Waals surface area contributed by atoms with Crippen LogP contribution in [0.25, 0.3) is 0 Å². The zero-order valence-electron chi connectivity index (χ0n) is 11.5. The van der Waals surface area contributed by atoms with E-state index < -0.39 is 0 Å². The average molecular weight is 334 g/mol. The summed E-state index contributed by atoms with van der Waals surface area (Å²) in [5.41, 5.74) is 1.20. The Bertz CT molecular complexity index is 372. The summed E-state index contributed by atoms with van der Waals surface area (Å²) in [6, 6.07) is 6.43. The van der Waals surface area contributed by atoms with Crippen LogP contribution in [0.5, 0.6) is 0 Å². The quantitative estimate of drug-likeness (QED) is 0.852. The summed E-state index contributed by atoms with van der Waals surface area (Å²) in [5.74, 6) is 0.635. The number of hydrogen-bond donors (Lipinski definition) is 1. The molecule has 2 nitrogen and oxygen atoms in total. The van der Waals surface area contributed by atoms with Gasteiger partial charge < -0.3 is 10.2 Å². The zero-order valence-corrected chi connectivity index (χ0v) is 13.8. The van der Waals surface area contributed by atoms with Crippen LogP contribution in [0.3, 0.4) is 0 Å². The number of benzene rings is 1. The van der Waals surface area contributed by atoms with E-state index in [0.717, 1.165) is 22.6 Å². The van der Waals surface area contributed by atoms with Gasteiger partial charge in [-0.2, -0.15) is 0 Å². The van der Waals surface area contributed by atoms with Crippen molar-refractivity contribution in [2.24, 2.45) is 5.92 Å². The summed E-state index contributed by atoms with van der Waals surface area (Å²) in [6.07, 6.45) is 0. The molecule has 0 bridgehead atoms. The Morgan fingerprint density at radius 3 is 2.56 bits per heavy atom. The van der Waals surface area contributed by atoms with Gasteiger partial charge in [-0.25, -0.2) is 0 Å². The maximum Gasteiger partial charge on any atom is 0.0410 e. The van der Waals surface area contributed by atoms with Crippen LogP contribution in [0.1, 0.15) is 19.4 Å². The fourth-order valence-electron chi connectivity index (χ4n) is 2.05. The first-order valence-electron chi connectivity index (χ1n) is 6.23. The van der Waals surface area contributed by atoms with Crippen molar-refractivity contribution >= 4 is 27.5 Å². The topological polar surface area (TPSA) is 15.3 Å². The lowest BCUT2D eigenvalue weighted by molar-refractivity contribution is 0.224. The van der Waals surface area contributed by atoms with Gasteiger partial charge in [-0.3, -0.25) is 0 Å². The molecule has 0 aromatic heterocycles. The molecule has 0 aliphatic carbocycles. The summed E-state index contributed by atoms with van der Waals surface area (Å²) in [7, 11) is 4.25. The molecule has 1 atom stereocenters. The van der Waals surface area contributed by atoms with Crippen LogP contribution < -0.4 is 5.32 Å².